The van der Waals surface area contributed by atoms with Crippen molar-refractivity contribution in [3.63, 3.8) is 0 Å². The van der Waals surface area contributed by atoms with Crippen LogP contribution in [0.3, 0.4) is 0 Å². The van der Waals surface area contributed by atoms with Crippen LogP contribution in [0.25, 0.3) is 10.9 Å². The van der Waals surface area contributed by atoms with E-state index in [0.717, 1.165) is 10.9 Å². The fraction of sp³-hybridized carbons (Fsp3) is 0.111. The molecule has 0 aliphatic heterocycles. The van der Waals surface area contributed by atoms with E-state index >= 15 is 0 Å². The van der Waals surface area contributed by atoms with Crippen molar-refractivity contribution in [2.45, 2.75) is 6.67 Å². The second-order valence-electron chi connectivity index (χ2n) is 2.68. The number of hydrogen-bond acceptors (Lipinski definition) is 2. The molecular formula is C9H9N3O. The molecule has 2 rings (SSSR count). The minimum absolute atomic E-state index is 0.414. The number of hydrogen-bond donors (Lipinski definition) is 1. The Bertz CT molecular complexity index is 421. The number of benzene rings is 1. The molecule has 0 fully saturated rings. The molecule has 66 valence electrons. The highest BCUT2D eigenvalue weighted by atomic mass is 16.1. The zero-order chi connectivity index (χ0) is 9.10. The van der Waals surface area contributed by atoms with Crippen LogP contribution in [-0.4, -0.2) is 16.2 Å². The molecule has 0 aliphatic carbocycles. The van der Waals surface area contributed by atoms with Gasteiger partial charge in [0.2, 0.25) is 6.41 Å². The fourth-order valence-corrected chi connectivity index (χ4v) is 1.28. The molecule has 0 spiro atoms. The van der Waals surface area contributed by atoms with E-state index in [1.54, 1.807) is 10.9 Å². The maximum absolute atomic E-state index is 10.1. The molecule has 1 amide bonds. The Balaban J connectivity index is 2.40. The number of para-hydroxylation sites is 1. The van der Waals surface area contributed by atoms with Crippen molar-refractivity contribution >= 4 is 17.3 Å². The van der Waals surface area contributed by atoms with Crippen LogP contribution in [-0.2, 0) is 11.5 Å². The summed E-state index contributed by atoms with van der Waals surface area (Å²) in [4.78, 5) is 10.1. The predicted octanol–water partition coefficient (Wildman–Crippen LogP) is 0.740. The van der Waals surface area contributed by atoms with Crippen molar-refractivity contribution in [2.75, 3.05) is 0 Å². The van der Waals surface area contributed by atoms with Crippen molar-refractivity contribution in [3.05, 3.63) is 30.5 Å². The summed E-state index contributed by atoms with van der Waals surface area (Å²) in [6.45, 7) is 0.414. The second kappa shape index (κ2) is 3.26. The smallest absolute Gasteiger partial charge is 0.208 e. The van der Waals surface area contributed by atoms with Crippen molar-refractivity contribution in [3.8, 4) is 0 Å². The topological polar surface area (TPSA) is 46.9 Å². The number of nitrogens with zero attached hydrogens (tertiary/aromatic N) is 2. The predicted molar refractivity (Wildman–Crippen MR) is 48.9 cm³/mol. The molecule has 13 heavy (non-hydrogen) atoms. The summed E-state index contributed by atoms with van der Waals surface area (Å²) < 4.78 is 1.74. The van der Waals surface area contributed by atoms with E-state index in [1.165, 1.54) is 0 Å². The van der Waals surface area contributed by atoms with Crippen LogP contribution in [0.5, 0.6) is 0 Å². The van der Waals surface area contributed by atoms with Crippen LogP contribution in [0.1, 0.15) is 0 Å². The molecule has 1 N–H and O–H groups in total. The first kappa shape index (κ1) is 7.79. The minimum atomic E-state index is 0.414. The Kier molecular flexibility index (Phi) is 1.96. The lowest BCUT2D eigenvalue weighted by molar-refractivity contribution is -0.110. The molecule has 1 aromatic heterocycles. The largest absolute Gasteiger partial charge is 0.339 e. The summed E-state index contributed by atoms with van der Waals surface area (Å²) in [5.41, 5.74) is 1.02. The Labute approximate surface area is 75.2 Å². The van der Waals surface area contributed by atoms with E-state index in [2.05, 4.69) is 10.4 Å². The van der Waals surface area contributed by atoms with Crippen LogP contribution in [0.4, 0.5) is 0 Å². The molecule has 4 nitrogen and oxygen atoms in total. The average molecular weight is 175 g/mol. The van der Waals surface area contributed by atoms with Gasteiger partial charge < -0.3 is 5.32 Å². The lowest BCUT2D eigenvalue weighted by Gasteiger charge is -2.00. The van der Waals surface area contributed by atoms with Crippen LogP contribution in [0, 0.1) is 0 Å². The van der Waals surface area contributed by atoms with E-state index < -0.39 is 0 Å². The van der Waals surface area contributed by atoms with E-state index in [-0.39, 0.29) is 0 Å². The van der Waals surface area contributed by atoms with Crippen LogP contribution in [0.15, 0.2) is 30.5 Å². The van der Waals surface area contributed by atoms with Crippen molar-refractivity contribution in [2.24, 2.45) is 0 Å². The Morgan fingerprint density at radius 3 is 3.15 bits per heavy atom. The highest BCUT2D eigenvalue weighted by molar-refractivity contribution is 5.78. The van der Waals surface area contributed by atoms with Crippen LogP contribution in [0.2, 0.25) is 0 Å². The van der Waals surface area contributed by atoms with Gasteiger partial charge in [0.25, 0.3) is 0 Å². The first-order valence-corrected chi connectivity index (χ1v) is 3.99. The van der Waals surface area contributed by atoms with E-state index in [4.69, 9.17) is 0 Å². The van der Waals surface area contributed by atoms with Gasteiger partial charge in [-0.2, -0.15) is 5.10 Å². The molecule has 2 aromatic rings. The van der Waals surface area contributed by atoms with Crippen molar-refractivity contribution in [1.82, 2.24) is 15.1 Å². The number of rotatable bonds is 3. The SMILES string of the molecule is O=CNCn1ncc2ccccc21. The molecule has 0 radical (unpaired) electrons. The number of aromatic nitrogens is 2. The van der Waals surface area contributed by atoms with Gasteiger partial charge in [0.15, 0.2) is 0 Å². The third-order valence-electron chi connectivity index (χ3n) is 1.88. The summed E-state index contributed by atoms with van der Waals surface area (Å²) in [6.07, 6.45) is 2.44. The maximum Gasteiger partial charge on any atom is 0.208 e. The number of carbonyl (C=O) groups excluding carboxylic acids is 1. The summed E-state index contributed by atoms with van der Waals surface area (Å²) in [5.74, 6) is 0. The van der Waals surface area contributed by atoms with Crippen molar-refractivity contribution < 1.29 is 4.79 Å². The Morgan fingerprint density at radius 2 is 2.31 bits per heavy atom. The molecule has 0 bridgehead atoms. The van der Waals surface area contributed by atoms with Gasteiger partial charge >= 0.3 is 0 Å². The zero-order valence-corrected chi connectivity index (χ0v) is 6.97. The summed E-state index contributed by atoms with van der Waals surface area (Å²) >= 11 is 0. The summed E-state index contributed by atoms with van der Waals surface area (Å²) in [5, 5.41) is 7.77. The normalized spacial score (nSPS) is 10.2. The maximum atomic E-state index is 10.1. The van der Waals surface area contributed by atoms with Crippen LogP contribution >= 0.6 is 0 Å². The van der Waals surface area contributed by atoms with Gasteiger partial charge in [-0.15, -0.1) is 0 Å². The Morgan fingerprint density at radius 1 is 1.46 bits per heavy atom. The lowest BCUT2D eigenvalue weighted by atomic mass is 10.3. The third kappa shape index (κ3) is 1.38. The quantitative estimate of drug-likeness (QED) is 0.699. The zero-order valence-electron chi connectivity index (χ0n) is 6.97. The summed E-state index contributed by atoms with van der Waals surface area (Å²) in [7, 11) is 0. The molecule has 0 aliphatic rings. The first-order valence-electron chi connectivity index (χ1n) is 3.99. The third-order valence-corrected chi connectivity index (χ3v) is 1.88. The standard InChI is InChI=1S/C9H9N3O/c13-7-10-6-12-9-4-2-1-3-8(9)5-11-12/h1-5,7H,6H2,(H,10,13). The van der Waals surface area contributed by atoms with E-state index in [1.807, 2.05) is 24.3 Å². The minimum Gasteiger partial charge on any atom is -0.339 e. The van der Waals surface area contributed by atoms with Gasteiger partial charge in [-0.25, -0.2) is 4.68 Å². The molecular weight excluding hydrogens is 166 g/mol. The second-order valence-corrected chi connectivity index (χ2v) is 2.68. The molecule has 0 saturated heterocycles. The van der Waals surface area contributed by atoms with Gasteiger partial charge in [-0.1, -0.05) is 18.2 Å². The Hall–Kier alpha value is -1.84. The molecule has 4 heteroatoms. The van der Waals surface area contributed by atoms with E-state index in [0.29, 0.717) is 13.1 Å². The number of nitrogens with one attached hydrogen (secondary N) is 1. The van der Waals surface area contributed by atoms with Gasteiger partial charge in [-0.05, 0) is 6.07 Å². The molecule has 0 unspecified atom stereocenters. The van der Waals surface area contributed by atoms with Gasteiger partial charge in [0.05, 0.1) is 11.7 Å². The highest BCUT2D eigenvalue weighted by Gasteiger charge is 1.98. The van der Waals surface area contributed by atoms with E-state index in [9.17, 15) is 4.79 Å². The van der Waals surface area contributed by atoms with Crippen LogP contribution < -0.4 is 5.32 Å². The molecule has 1 aromatic carbocycles. The lowest BCUT2D eigenvalue weighted by Crippen LogP contribution is -2.16. The van der Waals surface area contributed by atoms with Gasteiger partial charge in [-0.3, -0.25) is 4.79 Å². The number of carbonyl (C=O) groups is 1. The molecule has 0 saturated carbocycles. The first-order chi connectivity index (χ1) is 6.42. The summed E-state index contributed by atoms with van der Waals surface area (Å²) in [6, 6.07) is 7.86. The van der Waals surface area contributed by atoms with Gasteiger partial charge in [0.1, 0.15) is 6.67 Å². The number of amides is 1. The highest BCUT2D eigenvalue weighted by Crippen LogP contribution is 2.11. The monoisotopic (exact) mass is 175 g/mol. The average Bonchev–Trinajstić information content (AvgIpc) is 2.58. The van der Waals surface area contributed by atoms with Gasteiger partial charge in [0, 0.05) is 5.39 Å². The van der Waals surface area contributed by atoms with Crippen molar-refractivity contribution in [1.29, 1.82) is 0 Å². The molecule has 0 atom stereocenters. The molecule has 1 heterocycles. The fourth-order valence-electron chi connectivity index (χ4n) is 1.28. The number of fused-ring (bicyclic) bond motifs is 1.